The molecule has 0 spiro atoms. The van der Waals surface area contributed by atoms with Crippen LogP contribution in [0.3, 0.4) is 0 Å². The van der Waals surface area contributed by atoms with E-state index in [9.17, 15) is 0 Å². The molecule has 0 atom stereocenters. The van der Waals surface area contributed by atoms with Crippen LogP contribution in [0.5, 0.6) is 0 Å². The first-order valence-corrected chi connectivity index (χ1v) is 10.7. The predicted molar refractivity (Wildman–Crippen MR) is 125 cm³/mol. The van der Waals surface area contributed by atoms with Crippen LogP contribution in [-0.4, -0.2) is 15.0 Å². The Bertz CT molecular complexity index is 1030. The number of nitrogens with zero attached hydrogens (tertiary/aromatic N) is 3. The van der Waals surface area contributed by atoms with E-state index >= 15 is 0 Å². The van der Waals surface area contributed by atoms with Crippen molar-refractivity contribution in [1.82, 2.24) is 15.0 Å². The monoisotopic (exact) mass is 413 g/mol. The number of aryl methyl sites for hydroxylation is 2. The molecule has 0 bridgehead atoms. The topological polar surface area (TPSA) is 62.7 Å². The summed E-state index contributed by atoms with van der Waals surface area (Å²) >= 11 is 1.59. The van der Waals surface area contributed by atoms with Gasteiger partial charge in [-0.05, 0) is 43.7 Å². The van der Waals surface area contributed by atoms with Crippen molar-refractivity contribution >= 4 is 35.0 Å². The van der Waals surface area contributed by atoms with Gasteiger partial charge in [0.25, 0.3) is 0 Å². The molecule has 0 aliphatic rings. The van der Waals surface area contributed by atoms with Crippen molar-refractivity contribution in [2.75, 3.05) is 10.6 Å². The van der Waals surface area contributed by atoms with Crippen LogP contribution in [0.2, 0.25) is 0 Å². The lowest BCUT2D eigenvalue weighted by molar-refractivity contribution is 0.920. The highest BCUT2D eigenvalue weighted by Gasteiger charge is 2.09. The molecule has 0 saturated heterocycles. The SMILES string of the molecule is Cc1ccc(Nc2nc(Nc3ccc(C)cc3)nc(SCc3ccccc3)n2)cc1. The number of hydrogen-bond donors (Lipinski definition) is 2. The quantitative estimate of drug-likeness (QED) is 0.348. The molecular weight excluding hydrogens is 390 g/mol. The number of aromatic nitrogens is 3. The van der Waals surface area contributed by atoms with Crippen molar-refractivity contribution in [3.63, 3.8) is 0 Å². The second-order valence-electron chi connectivity index (χ2n) is 7.02. The van der Waals surface area contributed by atoms with Crippen molar-refractivity contribution in [3.8, 4) is 0 Å². The van der Waals surface area contributed by atoms with Crippen LogP contribution in [0.1, 0.15) is 16.7 Å². The molecule has 0 unspecified atom stereocenters. The standard InChI is InChI=1S/C24H23N5S/c1-17-8-12-20(13-9-17)25-22-27-23(26-21-14-10-18(2)11-15-21)29-24(28-22)30-16-19-6-4-3-5-7-19/h3-15H,16H2,1-2H3,(H2,25,26,27,28,29). The van der Waals surface area contributed by atoms with Gasteiger partial charge < -0.3 is 10.6 Å². The third-order valence-corrected chi connectivity index (χ3v) is 5.36. The smallest absolute Gasteiger partial charge is 0.233 e. The molecule has 0 aliphatic carbocycles. The van der Waals surface area contributed by atoms with Crippen molar-refractivity contribution in [2.45, 2.75) is 24.8 Å². The van der Waals surface area contributed by atoms with Crippen LogP contribution in [0.4, 0.5) is 23.3 Å². The number of anilines is 4. The van der Waals surface area contributed by atoms with Gasteiger partial charge in [0.2, 0.25) is 11.9 Å². The Morgan fingerprint density at radius 3 is 1.63 bits per heavy atom. The van der Waals surface area contributed by atoms with Crippen LogP contribution in [0.15, 0.2) is 84.0 Å². The summed E-state index contributed by atoms with van der Waals surface area (Å²) in [5.41, 5.74) is 5.51. The summed E-state index contributed by atoms with van der Waals surface area (Å²) in [6.07, 6.45) is 0. The van der Waals surface area contributed by atoms with E-state index in [-0.39, 0.29) is 0 Å². The fourth-order valence-corrected chi connectivity index (χ4v) is 3.58. The lowest BCUT2D eigenvalue weighted by Crippen LogP contribution is -2.05. The van der Waals surface area contributed by atoms with Crippen LogP contribution >= 0.6 is 11.8 Å². The molecule has 0 aliphatic heterocycles. The summed E-state index contributed by atoms with van der Waals surface area (Å²) < 4.78 is 0. The zero-order valence-electron chi connectivity index (χ0n) is 17.0. The van der Waals surface area contributed by atoms with Gasteiger partial charge in [0.15, 0.2) is 5.16 Å². The molecular formula is C24H23N5S. The summed E-state index contributed by atoms with van der Waals surface area (Å²) in [7, 11) is 0. The number of nitrogens with one attached hydrogen (secondary N) is 2. The highest BCUT2D eigenvalue weighted by Crippen LogP contribution is 2.24. The highest BCUT2D eigenvalue weighted by atomic mass is 32.2. The zero-order chi connectivity index (χ0) is 20.8. The van der Waals surface area contributed by atoms with Crippen molar-refractivity contribution in [2.24, 2.45) is 0 Å². The predicted octanol–water partition coefficient (Wildman–Crippen LogP) is 6.27. The molecule has 1 aromatic heterocycles. The molecule has 150 valence electrons. The van der Waals surface area contributed by atoms with Crippen molar-refractivity contribution < 1.29 is 0 Å². The molecule has 0 radical (unpaired) electrons. The van der Waals surface area contributed by atoms with Gasteiger partial charge in [0, 0.05) is 17.1 Å². The Kier molecular flexibility index (Phi) is 6.25. The van der Waals surface area contributed by atoms with Crippen molar-refractivity contribution in [3.05, 3.63) is 95.6 Å². The number of hydrogen-bond acceptors (Lipinski definition) is 6. The molecule has 0 amide bonds. The van der Waals surface area contributed by atoms with Crippen LogP contribution < -0.4 is 10.6 Å². The first-order valence-electron chi connectivity index (χ1n) is 9.74. The molecule has 6 heteroatoms. The zero-order valence-corrected chi connectivity index (χ0v) is 17.8. The molecule has 30 heavy (non-hydrogen) atoms. The fraction of sp³-hybridized carbons (Fsp3) is 0.125. The molecule has 0 fully saturated rings. The Hall–Kier alpha value is -3.38. The molecule has 1 heterocycles. The Morgan fingerprint density at radius 1 is 0.633 bits per heavy atom. The minimum atomic E-state index is 0.513. The third-order valence-electron chi connectivity index (χ3n) is 4.44. The van der Waals surface area contributed by atoms with E-state index in [2.05, 4.69) is 75.8 Å². The summed E-state index contributed by atoms with van der Waals surface area (Å²) in [5.74, 6) is 1.82. The van der Waals surface area contributed by atoms with E-state index in [4.69, 9.17) is 0 Å². The Balaban J connectivity index is 1.58. The van der Waals surface area contributed by atoms with Crippen LogP contribution in [0.25, 0.3) is 0 Å². The normalized spacial score (nSPS) is 10.6. The average Bonchev–Trinajstić information content (AvgIpc) is 2.76. The summed E-state index contributed by atoms with van der Waals surface area (Å²) in [6, 6.07) is 26.6. The maximum atomic E-state index is 4.61. The first-order chi connectivity index (χ1) is 14.6. The van der Waals surface area contributed by atoms with Gasteiger partial charge in [-0.3, -0.25) is 0 Å². The minimum absolute atomic E-state index is 0.513. The lowest BCUT2D eigenvalue weighted by atomic mass is 10.2. The van der Waals surface area contributed by atoms with Gasteiger partial charge in [-0.1, -0.05) is 77.5 Å². The largest absolute Gasteiger partial charge is 0.324 e. The lowest BCUT2D eigenvalue weighted by Gasteiger charge is -2.11. The van der Waals surface area contributed by atoms with E-state index in [1.807, 2.05) is 42.5 Å². The molecule has 4 aromatic rings. The maximum absolute atomic E-state index is 4.61. The minimum Gasteiger partial charge on any atom is -0.324 e. The molecule has 0 saturated carbocycles. The second kappa shape index (κ2) is 9.41. The van der Waals surface area contributed by atoms with Crippen molar-refractivity contribution in [1.29, 1.82) is 0 Å². The Labute approximate surface area is 181 Å². The van der Waals surface area contributed by atoms with Gasteiger partial charge in [-0.2, -0.15) is 15.0 Å². The molecule has 5 nitrogen and oxygen atoms in total. The van der Waals surface area contributed by atoms with Crippen LogP contribution in [-0.2, 0) is 5.75 Å². The molecule has 3 aromatic carbocycles. The first kappa shape index (κ1) is 19.9. The van der Waals surface area contributed by atoms with Gasteiger partial charge >= 0.3 is 0 Å². The van der Waals surface area contributed by atoms with Crippen LogP contribution in [0, 0.1) is 13.8 Å². The van der Waals surface area contributed by atoms with Gasteiger partial charge in [-0.25, -0.2) is 0 Å². The summed E-state index contributed by atoms with van der Waals surface area (Å²) in [5, 5.41) is 7.24. The van der Waals surface area contributed by atoms with E-state index in [1.54, 1.807) is 11.8 Å². The van der Waals surface area contributed by atoms with E-state index < -0.39 is 0 Å². The van der Waals surface area contributed by atoms with Gasteiger partial charge in [-0.15, -0.1) is 0 Å². The number of benzene rings is 3. The summed E-state index contributed by atoms with van der Waals surface area (Å²) in [4.78, 5) is 13.8. The van der Waals surface area contributed by atoms with Gasteiger partial charge in [0.1, 0.15) is 0 Å². The molecule has 2 N–H and O–H groups in total. The molecule has 4 rings (SSSR count). The van der Waals surface area contributed by atoms with E-state index in [1.165, 1.54) is 16.7 Å². The number of rotatable bonds is 7. The summed E-state index contributed by atoms with van der Waals surface area (Å²) in [6.45, 7) is 4.13. The number of thioether (sulfide) groups is 1. The van der Waals surface area contributed by atoms with E-state index in [0.717, 1.165) is 17.1 Å². The second-order valence-corrected chi connectivity index (χ2v) is 7.96. The third kappa shape index (κ3) is 5.58. The van der Waals surface area contributed by atoms with Gasteiger partial charge in [0.05, 0.1) is 0 Å². The van der Waals surface area contributed by atoms with E-state index in [0.29, 0.717) is 17.1 Å². The Morgan fingerprint density at radius 2 is 1.13 bits per heavy atom. The average molecular weight is 414 g/mol. The maximum Gasteiger partial charge on any atom is 0.233 e. The fourth-order valence-electron chi connectivity index (χ4n) is 2.79. The highest BCUT2D eigenvalue weighted by molar-refractivity contribution is 7.98.